The largest absolute Gasteiger partial charge is 0.333 e. The van der Waals surface area contributed by atoms with Crippen LogP contribution in [-0.4, -0.2) is 13.1 Å². The van der Waals surface area contributed by atoms with E-state index in [9.17, 15) is 4.79 Å². The quantitative estimate of drug-likeness (QED) is 0.697. The first-order valence-corrected chi connectivity index (χ1v) is 6.70. The first-order chi connectivity index (χ1) is 8.79. The molecule has 2 aliphatic rings. The van der Waals surface area contributed by atoms with Crippen LogP contribution in [0.2, 0.25) is 0 Å². The van der Waals surface area contributed by atoms with Gasteiger partial charge in [0.1, 0.15) is 0 Å². The molecule has 0 spiro atoms. The molecule has 0 saturated carbocycles. The zero-order valence-electron chi connectivity index (χ0n) is 10.7. The van der Waals surface area contributed by atoms with Crippen LogP contribution in [0.5, 0.6) is 0 Å². The van der Waals surface area contributed by atoms with Gasteiger partial charge in [0.2, 0.25) is 0 Å². The second-order valence-corrected chi connectivity index (χ2v) is 5.06. The van der Waals surface area contributed by atoms with Gasteiger partial charge in [0.25, 0.3) is 0 Å². The lowest BCUT2D eigenvalue weighted by Gasteiger charge is -2.16. The molecule has 0 aromatic heterocycles. The Morgan fingerprint density at radius 3 is 2.22 bits per heavy atom. The molecule has 0 fully saturated rings. The van der Waals surface area contributed by atoms with Gasteiger partial charge in [-0.3, -0.25) is 5.43 Å². The highest BCUT2D eigenvalue weighted by Crippen LogP contribution is 2.38. The van der Waals surface area contributed by atoms with Crippen LogP contribution in [0.4, 0.5) is 10.5 Å². The van der Waals surface area contributed by atoms with E-state index >= 15 is 0 Å². The summed E-state index contributed by atoms with van der Waals surface area (Å²) in [4.78, 5) is 11.7. The third kappa shape index (κ3) is 1.86. The minimum Gasteiger partial charge on any atom is -0.306 e. The molecule has 0 saturated heterocycles. The summed E-state index contributed by atoms with van der Waals surface area (Å²) < 4.78 is 0. The number of hydrogen-bond donors (Lipinski definition) is 3. The van der Waals surface area contributed by atoms with Crippen molar-refractivity contribution in [2.75, 3.05) is 12.4 Å². The number of hydrazine groups is 1. The number of carbonyl (C=O) groups excluding carboxylic acids is 1. The van der Waals surface area contributed by atoms with Gasteiger partial charge in [-0.2, -0.15) is 0 Å². The van der Waals surface area contributed by atoms with Gasteiger partial charge >= 0.3 is 6.03 Å². The molecule has 4 heteroatoms. The molecular weight excluding hydrogens is 226 g/mol. The van der Waals surface area contributed by atoms with Gasteiger partial charge < -0.3 is 5.32 Å². The highest BCUT2D eigenvalue weighted by molar-refractivity contribution is 5.91. The fourth-order valence-corrected chi connectivity index (χ4v) is 3.23. The summed E-state index contributed by atoms with van der Waals surface area (Å²) in [6.07, 6.45) is 6.92. The van der Waals surface area contributed by atoms with Crippen molar-refractivity contribution < 1.29 is 4.79 Å². The van der Waals surface area contributed by atoms with Crippen LogP contribution in [0, 0.1) is 0 Å². The molecule has 3 rings (SSSR count). The Bertz CT molecular complexity index is 464. The lowest BCUT2D eigenvalue weighted by Crippen LogP contribution is -2.38. The summed E-state index contributed by atoms with van der Waals surface area (Å²) in [6.45, 7) is 0. The highest BCUT2D eigenvalue weighted by atomic mass is 16.2. The molecule has 0 bridgehead atoms. The number of rotatable bonds is 2. The molecule has 0 radical (unpaired) electrons. The fraction of sp³-hybridized carbons (Fsp3) is 0.500. The molecule has 0 heterocycles. The van der Waals surface area contributed by atoms with E-state index in [1.165, 1.54) is 35.1 Å². The number of anilines is 1. The highest BCUT2D eigenvalue weighted by Gasteiger charge is 2.24. The van der Waals surface area contributed by atoms with Crippen LogP contribution in [0.3, 0.4) is 0 Å². The molecule has 2 aliphatic carbocycles. The fourth-order valence-electron chi connectivity index (χ4n) is 3.23. The van der Waals surface area contributed by atoms with Crippen molar-refractivity contribution in [1.29, 1.82) is 0 Å². The predicted molar refractivity (Wildman–Crippen MR) is 71.7 cm³/mol. The maximum Gasteiger partial charge on any atom is 0.333 e. The predicted octanol–water partition coefficient (Wildman–Crippen LogP) is 1.92. The average molecular weight is 245 g/mol. The van der Waals surface area contributed by atoms with E-state index in [2.05, 4.69) is 22.2 Å². The molecule has 1 aromatic rings. The summed E-state index contributed by atoms with van der Waals surface area (Å²) >= 11 is 0. The number of nitrogens with one attached hydrogen (secondary N) is 3. The van der Waals surface area contributed by atoms with Crippen molar-refractivity contribution in [2.24, 2.45) is 0 Å². The topological polar surface area (TPSA) is 53.2 Å². The van der Waals surface area contributed by atoms with Crippen LogP contribution in [-0.2, 0) is 25.7 Å². The molecule has 3 N–H and O–H groups in total. The van der Waals surface area contributed by atoms with Crippen molar-refractivity contribution >= 4 is 11.7 Å². The van der Waals surface area contributed by atoms with Gasteiger partial charge in [0.15, 0.2) is 0 Å². The Labute approximate surface area is 107 Å². The number of fused-ring (bicyclic) bond motifs is 2. The Morgan fingerprint density at radius 2 is 1.67 bits per heavy atom. The number of amides is 2. The van der Waals surface area contributed by atoms with Gasteiger partial charge in [-0.1, -0.05) is 6.07 Å². The minimum absolute atomic E-state index is 0.174. The van der Waals surface area contributed by atoms with E-state index in [4.69, 9.17) is 0 Å². The molecule has 0 aliphatic heterocycles. The van der Waals surface area contributed by atoms with Crippen LogP contribution in [0.1, 0.15) is 35.1 Å². The van der Waals surface area contributed by atoms with Gasteiger partial charge in [-0.25, -0.2) is 10.2 Å². The number of hydrogen-bond acceptors (Lipinski definition) is 2. The minimum atomic E-state index is -0.174. The normalized spacial score (nSPS) is 16.3. The lowest BCUT2D eigenvalue weighted by atomic mass is 9.99. The molecular formula is C14H19N3O. The van der Waals surface area contributed by atoms with E-state index in [1.807, 2.05) is 0 Å². The summed E-state index contributed by atoms with van der Waals surface area (Å²) in [5.74, 6) is 0. The Hall–Kier alpha value is -1.55. The van der Waals surface area contributed by atoms with Gasteiger partial charge in [0.05, 0.1) is 0 Å². The lowest BCUT2D eigenvalue weighted by molar-refractivity contribution is 0.249. The summed E-state index contributed by atoms with van der Waals surface area (Å²) in [5, 5.41) is 3.03. The molecule has 96 valence electrons. The van der Waals surface area contributed by atoms with Crippen LogP contribution >= 0.6 is 0 Å². The third-order valence-corrected chi connectivity index (χ3v) is 3.95. The van der Waals surface area contributed by atoms with Crippen molar-refractivity contribution in [3.63, 3.8) is 0 Å². The molecule has 4 nitrogen and oxygen atoms in total. The zero-order chi connectivity index (χ0) is 12.5. The van der Waals surface area contributed by atoms with E-state index in [0.29, 0.717) is 0 Å². The van der Waals surface area contributed by atoms with E-state index in [0.717, 1.165) is 31.4 Å². The van der Waals surface area contributed by atoms with Gasteiger partial charge in [-0.15, -0.1) is 0 Å². The number of benzene rings is 1. The summed E-state index contributed by atoms with van der Waals surface area (Å²) in [7, 11) is 1.69. The van der Waals surface area contributed by atoms with E-state index < -0.39 is 0 Å². The molecule has 2 amide bonds. The SMILES string of the molecule is CNNC(=O)Nc1c2c(cc3c1CCC3)CCC2. The van der Waals surface area contributed by atoms with E-state index in [1.54, 1.807) is 7.05 Å². The van der Waals surface area contributed by atoms with Gasteiger partial charge in [0, 0.05) is 12.7 Å². The molecule has 1 aromatic carbocycles. The molecule has 18 heavy (non-hydrogen) atoms. The smallest absolute Gasteiger partial charge is 0.306 e. The standard InChI is InChI=1S/C14H19N3O/c1-15-17-14(18)16-13-11-6-2-4-9(11)8-10-5-3-7-12(10)13/h8,15H,2-7H2,1H3,(H2,16,17,18). The number of urea groups is 1. The average Bonchev–Trinajstić information content (AvgIpc) is 2.96. The van der Waals surface area contributed by atoms with Crippen molar-refractivity contribution in [2.45, 2.75) is 38.5 Å². The van der Waals surface area contributed by atoms with Crippen molar-refractivity contribution in [1.82, 2.24) is 10.9 Å². The molecule has 0 atom stereocenters. The monoisotopic (exact) mass is 245 g/mol. The Balaban J connectivity index is 1.99. The van der Waals surface area contributed by atoms with Crippen LogP contribution in [0.25, 0.3) is 0 Å². The van der Waals surface area contributed by atoms with E-state index in [-0.39, 0.29) is 6.03 Å². The Morgan fingerprint density at radius 1 is 1.06 bits per heavy atom. The first-order valence-electron chi connectivity index (χ1n) is 6.70. The number of carbonyl (C=O) groups is 1. The third-order valence-electron chi connectivity index (χ3n) is 3.95. The van der Waals surface area contributed by atoms with Crippen molar-refractivity contribution in [3.05, 3.63) is 28.3 Å². The van der Waals surface area contributed by atoms with Crippen LogP contribution in [0.15, 0.2) is 6.07 Å². The van der Waals surface area contributed by atoms with Crippen LogP contribution < -0.4 is 16.2 Å². The van der Waals surface area contributed by atoms with Crippen molar-refractivity contribution in [3.8, 4) is 0 Å². The first kappa shape index (κ1) is 11.5. The second-order valence-electron chi connectivity index (χ2n) is 5.06. The van der Waals surface area contributed by atoms with Gasteiger partial charge in [-0.05, 0) is 60.8 Å². The maximum absolute atomic E-state index is 11.7. The second kappa shape index (κ2) is 4.61. The molecule has 0 unspecified atom stereocenters. The number of aryl methyl sites for hydroxylation is 2. The zero-order valence-corrected chi connectivity index (χ0v) is 10.7. The summed E-state index contributed by atoms with van der Waals surface area (Å²) in [5.41, 5.74) is 11.9. The summed E-state index contributed by atoms with van der Waals surface area (Å²) in [6, 6.07) is 2.19. The maximum atomic E-state index is 11.7. The Kier molecular flexibility index (Phi) is 2.96.